The molecule has 0 bridgehead atoms. The van der Waals surface area contributed by atoms with Gasteiger partial charge in [0.05, 0.1) is 0 Å². The summed E-state index contributed by atoms with van der Waals surface area (Å²) >= 11 is -0.781. The maximum atomic E-state index is 15.5. The summed E-state index contributed by atoms with van der Waals surface area (Å²) in [4.78, 5) is 29.0. The van der Waals surface area contributed by atoms with Crippen molar-refractivity contribution in [1.82, 2.24) is 0 Å². The molecule has 1 unspecified atom stereocenters. The van der Waals surface area contributed by atoms with Crippen molar-refractivity contribution in [3.8, 4) is 0 Å². The van der Waals surface area contributed by atoms with Gasteiger partial charge >= 0.3 is 278 Å². The molecule has 1 heterocycles. The number of unbranched alkanes of at least 4 members (excludes halogenated alkanes) is 15. The molecule has 44 heavy (non-hydrogen) atoms. The topological polar surface area (TPSA) is 54.4 Å². The summed E-state index contributed by atoms with van der Waals surface area (Å²) in [5.41, 5.74) is -1.27. The van der Waals surface area contributed by atoms with E-state index in [0.717, 1.165) is 83.5 Å². The van der Waals surface area contributed by atoms with E-state index in [-0.39, 0.29) is 11.3 Å². The van der Waals surface area contributed by atoms with Crippen LogP contribution >= 0.6 is 0 Å². The molecule has 1 aliphatic rings. The molecule has 0 saturated carbocycles. The molecule has 1 rings (SSSR count). The number of carboxylic acids is 1. The van der Waals surface area contributed by atoms with Crippen LogP contribution in [0.3, 0.4) is 0 Å². The van der Waals surface area contributed by atoms with Gasteiger partial charge in [-0.1, -0.05) is 6.92 Å². The molecule has 1 N–H and O–H groups in total. The molecule has 0 fully saturated rings. The average molecular weight is 722 g/mol. The van der Waals surface area contributed by atoms with Crippen molar-refractivity contribution in [1.29, 1.82) is 0 Å². The fraction of sp³-hybridized carbons (Fsp3) is 0.900. The number of carbonyl (C=O) groups is 2. The van der Waals surface area contributed by atoms with Gasteiger partial charge in [-0.25, -0.2) is 0 Å². The van der Waals surface area contributed by atoms with Gasteiger partial charge < -0.3 is 0 Å². The van der Waals surface area contributed by atoms with Crippen LogP contribution in [0.1, 0.15) is 215 Å². The summed E-state index contributed by atoms with van der Waals surface area (Å²) in [7, 11) is 0. The van der Waals surface area contributed by atoms with Crippen molar-refractivity contribution < 1.29 is 14.7 Å². The van der Waals surface area contributed by atoms with E-state index in [1.807, 2.05) is 0 Å². The number of carboxylic acid groups (broad SMARTS) is 1. The molecular formula is C40H74O3Sn. The molecule has 0 aromatic heterocycles. The maximum absolute atomic E-state index is 15.5. The van der Waals surface area contributed by atoms with E-state index < -0.39 is 31.6 Å². The molecule has 256 valence electrons. The van der Waals surface area contributed by atoms with Gasteiger partial charge in [0.15, 0.2) is 0 Å². The zero-order valence-electron chi connectivity index (χ0n) is 30.4. The monoisotopic (exact) mass is 722 g/mol. The summed E-state index contributed by atoms with van der Waals surface area (Å²) in [5, 5.41) is 11.1. The first kappa shape index (κ1) is 41.7. The van der Waals surface area contributed by atoms with Gasteiger partial charge in [0.1, 0.15) is 0 Å². The van der Waals surface area contributed by atoms with Crippen LogP contribution in [-0.2, 0) is 9.59 Å². The van der Waals surface area contributed by atoms with E-state index in [1.165, 1.54) is 77.0 Å². The standard InChI is InChI=1S/C40H74O3.Sn/c1-7-13-19-21-23-25-27-29-33-39(31-15-9-3,32-16-10-4)37(41)36(30-28-26-24-22-20-14-8-2)40(38(42)43,34-17-11-5)35-18-12-6;/h36H,7-28,30-32,34-35H2,1-6H3,(H,42,43);. The molecule has 4 heteroatoms. The number of aliphatic carboxylic acids is 1. The molecular weight excluding hydrogens is 647 g/mol. The fourth-order valence-corrected chi connectivity index (χ4v) is 11.9. The van der Waals surface area contributed by atoms with Crippen LogP contribution < -0.4 is 0 Å². The Morgan fingerprint density at radius 3 is 1.43 bits per heavy atom. The third kappa shape index (κ3) is 13.8. The van der Waals surface area contributed by atoms with Crippen LogP contribution in [-0.4, -0.2) is 44.1 Å². The molecule has 1 atom stereocenters. The average Bonchev–Trinajstić information content (AvgIpc) is 3.81. The summed E-state index contributed by atoms with van der Waals surface area (Å²) in [6.07, 6.45) is 29.7. The van der Waals surface area contributed by atoms with Crippen LogP contribution in [0.5, 0.6) is 0 Å². The minimum absolute atomic E-state index is 0.342. The summed E-state index contributed by atoms with van der Waals surface area (Å²) in [6, 6.07) is 0. The minimum atomic E-state index is -0.908. The first-order valence-electron chi connectivity index (χ1n) is 19.6. The second-order valence-corrected chi connectivity index (χ2v) is 18.1. The first-order chi connectivity index (χ1) is 21.3. The van der Waals surface area contributed by atoms with E-state index in [4.69, 9.17) is 0 Å². The molecule has 0 spiro atoms. The van der Waals surface area contributed by atoms with Gasteiger partial charge in [0, 0.05) is 0 Å². The molecule has 0 amide bonds. The SMILES string of the molecule is CCCCCCCCCC(C(=O)C(CCCC)(CCCC)[C]1=[Sn]=[C]1CCCCCCCC)C(CCCC)(CCCC)C(=O)O. The Bertz CT molecular complexity index is 837. The number of ketones is 1. The predicted molar refractivity (Wildman–Crippen MR) is 195 cm³/mol. The van der Waals surface area contributed by atoms with Crippen LogP contribution in [0, 0.1) is 16.7 Å². The second kappa shape index (κ2) is 24.8. The third-order valence-corrected chi connectivity index (χ3v) is 15.1. The zero-order valence-corrected chi connectivity index (χ0v) is 33.3. The molecule has 0 aliphatic carbocycles. The Labute approximate surface area is 284 Å². The van der Waals surface area contributed by atoms with Crippen LogP contribution in [0.4, 0.5) is 0 Å². The van der Waals surface area contributed by atoms with Crippen molar-refractivity contribution in [2.45, 2.75) is 215 Å². The van der Waals surface area contributed by atoms with Crippen molar-refractivity contribution in [3.05, 3.63) is 0 Å². The Morgan fingerprint density at radius 2 is 0.977 bits per heavy atom. The van der Waals surface area contributed by atoms with E-state index in [9.17, 15) is 9.90 Å². The van der Waals surface area contributed by atoms with Crippen molar-refractivity contribution >= 4 is 39.0 Å². The van der Waals surface area contributed by atoms with E-state index in [0.29, 0.717) is 18.6 Å². The number of hydrogen-bond donors (Lipinski definition) is 1. The number of hydrogen-bond acceptors (Lipinski definition) is 2. The fourth-order valence-electron chi connectivity index (χ4n) is 7.62. The first-order valence-corrected chi connectivity index (χ1v) is 22.5. The molecule has 0 aromatic rings. The Morgan fingerprint density at radius 1 is 0.568 bits per heavy atom. The zero-order chi connectivity index (χ0) is 32.7. The number of carbonyl (C=O) groups excluding carboxylic acids is 1. The Kier molecular flexibility index (Phi) is 23.5. The van der Waals surface area contributed by atoms with E-state index in [1.54, 1.807) is 7.04 Å². The predicted octanol–water partition coefficient (Wildman–Crippen LogP) is 11.9. The molecule has 1 aliphatic heterocycles. The molecule has 0 saturated heterocycles. The van der Waals surface area contributed by atoms with Crippen LogP contribution in [0.25, 0.3) is 0 Å². The van der Waals surface area contributed by atoms with E-state index in [2.05, 4.69) is 41.5 Å². The van der Waals surface area contributed by atoms with E-state index >= 15 is 4.79 Å². The number of rotatable bonds is 32. The molecule has 3 nitrogen and oxygen atoms in total. The van der Waals surface area contributed by atoms with Gasteiger partial charge in [0.2, 0.25) is 0 Å². The van der Waals surface area contributed by atoms with Gasteiger partial charge in [-0.15, -0.1) is 0 Å². The Balaban J connectivity index is 3.42. The quantitative estimate of drug-likeness (QED) is 0.0556. The second-order valence-electron chi connectivity index (χ2n) is 14.3. The molecule has 0 aromatic carbocycles. The van der Waals surface area contributed by atoms with Crippen LogP contribution in [0.2, 0.25) is 0 Å². The van der Waals surface area contributed by atoms with Gasteiger partial charge in [-0.05, 0) is 0 Å². The summed E-state index contributed by atoms with van der Waals surface area (Å²) in [6.45, 7) is 13.4. The van der Waals surface area contributed by atoms with Gasteiger partial charge in [-0.3, -0.25) is 0 Å². The van der Waals surface area contributed by atoms with Crippen molar-refractivity contribution in [2.24, 2.45) is 16.7 Å². The van der Waals surface area contributed by atoms with Gasteiger partial charge in [-0.2, -0.15) is 0 Å². The summed E-state index contributed by atoms with van der Waals surface area (Å²) in [5.74, 6) is -0.642. The van der Waals surface area contributed by atoms with Crippen LogP contribution in [0.15, 0.2) is 0 Å². The Hall–Kier alpha value is -0.321. The van der Waals surface area contributed by atoms with Crippen molar-refractivity contribution in [3.63, 3.8) is 0 Å². The molecule has 0 radical (unpaired) electrons. The van der Waals surface area contributed by atoms with Crippen molar-refractivity contribution in [2.75, 3.05) is 0 Å². The number of Topliss-reactive ketones (excluding diaryl/α,β-unsaturated/α-hetero) is 1. The normalized spacial score (nSPS) is 14.0. The summed E-state index contributed by atoms with van der Waals surface area (Å²) < 4.78 is 3.35. The van der Waals surface area contributed by atoms with Gasteiger partial charge in [0.25, 0.3) is 0 Å². The third-order valence-electron chi connectivity index (χ3n) is 10.6.